The molecule has 0 radical (unpaired) electrons. The van der Waals surface area contributed by atoms with Crippen molar-refractivity contribution in [3.63, 3.8) is 0 Å². The van der Waals surface area contributed by atoms with Gasteiger partial charge < -0.3 is 10.6 Å². The van der Waals surface area contributed by atoms with Crippen LogP contribution >= 0.6 is 0 Å². The van der Waals surface area contributed by atoms with E-state index >= 15 is 0 Å². The molecule has 0 amide bonds. The molecule has 0 saturated carbocycles. The molecule has 4 heteroatoms. The molecule has 2 aliphatic rings. The normalized spacial score (nSPS) is 24.4. The van der Waals surface area contributed by atoms with Gasteiger partial charge in [0.05, 0.1) is 0 Å². The van der Waals surface area contributed by atoms with E-state index in [1.165, 1.54) is 24.9 Å². The van der Waals surface area contributed by atoms with Crippen LogP contribution in [-0.4, -0.2) is 49.7 Å². The molecule has 1 aromatic rings. The number of likely N-dealkylation sites (tertiary alicyclic amines) is 1. The molecule has 2 aliphatic heterocycles. The van der Waals surface area contributed by atoms with Gasteiger partial charge in [-0.1, -0.05) is 6.07 Å². The summed E-state index contributed by atoms with van der Waals surface area (Å²) in [5, 5.41) is 6.44. The molecule has 2 saturated heterocycles. The average Bonchev–Trinajstić information content (AvgIpc) is 2.89. The topological polar surface area (TPSA) is 40.2 Å². The summed E-state index contributed by atoms with van der Waals surface area (Å²) < 4.78 is 0. The first-order chi connectivity index (χ1) is 8.88. The molecule has 18 heavy (non-hydrogen) atoms. The Morgan fingerprint density at radius 1 is 1.22 bits per heavy atom. The smallest absolute Gasteiger partial charge is 0.0360 e. The molecule has 3 heterocycles. The Bertz CT molecular complexity index is 312. The second-order valence-corrected chi connectivity index (χ2v) is 4.92. The van der Waals surface area contributed by atoms with Gasteiger partial charge in [0.15, 0.2) is 0 Å². The van der Waals surface area contributed by atoms with Gasteiger partial charge >= 0.3 is 0 Å². The van der Waals surface area contributed by atoms with Gasteiger partial charge in [0.2, 0.25) is 0 Å². The second-order valence-electron chi connectivity index (χ2n) is 4.92. The minimum absolute atomic E-state index is 0.610. The molecule has 1 aromatic heterocycles. The van der Waals surface area contributed by atoms with Gasteiger partial charge in [-0.25, -0.2) is 0 Å². The maximum atomic E-state index is 4.14. The Morgan fingerprint density at radius 3 is 2.39 bits per heavy atom. The van der Waals surface area contributed by atoms with Crippen molar-refractivity contribution in [3.05, 3.63) is 30.1 Å². The van der Waals surface area contributed by atoms with Crippen molar-refractivity contribution in [1.29, 1.82) is 0 Å². The maximum Gasteiger partial charge on any atom is 0.0360 e. The van der Waals surface area contributed by atoms with Crippen molar-refractivity contribution in [3.8, 4) is 0 Å². The third-order valence-corrected chi connectivity index (χ3v) is 3.55. The Labute approximate surface area is 110 Å². The predicted octanol–water partition coefficient (Wildman–Crippen LogP) is 1.03. The van der Waals surface area contributed by atoms with Crippen LogP contribution in [-0.2, 0) is 0 Å². The summed E-state index contributed by atoms with van der Waals surface area (Å²) in [5.74, 6) is 0. The molecule has 0 bridgehead atoms. The van der Waals surface area contributed by atoms with E-state index in [0.29, 0.717) is 6.04 Å². The zero-order valence-electron chi connectivity index (χ0n) is 11.2. The first-order valence-electron chi connectivity index (χ1n) is 6.89. The van der Waals surface area contributed by atoms with E-state index in [1.807, 2.05) is 18.5 Å². The van der Waals surface area contributed by atoms with Crippen molar-refractivity contribution < 1.29 is 0 Å². The van der Waals surface area contributed by atoms with Crippen LogP contribution in [0.15, 0.2) is 24.5 Å². The zero-order valence-corrected chi connectivity index (χ0v) is 11.2. The van der Waals surface area contributed by atoms with E-state index in [-0.39, 0.29) is 0 Å². The maximum absolute atomic E-state index is 4.14. The van der Waals surface area contributed by atoms with Crippen molar-refractivity contribution in [2.45, 2.75) is 18.9 Å². The van der Waals surface area contributed by atoms with Crippen molar-refractivity contribution in [2.75, 3.05) is 39.8 Å². The van der Waals surface area contributed by atoms with Crippen LogP contribution in [0.3, 0.4) is 0 Å². The van der Waals surface area contributed by atoms with Crippen LogP contribution in [0.5, 0.6) is 0 Å². The Kier molecular flexibility index (Phi) is 5.58. The number of hydrogen-bond donors (Lipinski definition) is 2. The lowest BCUT2D eigenvalue weighted by molar-refractivity contribution is 0.317. The quantitative estimate of drug-likeness (QED) is 0.779. The highest BCUT2D eigenvalue weighted by atomic mass is 15.1. The standard InChI is InChI=1S/C10H14N2.C4H10N2/c1-12-7-3-5-10(12)9-4-2-6-11-8-9;1-2-6-4-3-5-1/h2,4,6,8,10H,3,5,7H2,1H3;5-6H,1-4H2. The van der Waals surface area contributed by atoms with Crippen LogP contribution in [0, 0.1) is 0 Å². The van der Waals surface area contributed by atoms with Gasteiger partial charge in [-0.15, -0.1) is 0 Å². The minimum atomic E-state index is 0.610. The molecule has 0 aromatic carbocycles. The molecular formula is C14H24N4. The molecule has 1 unspecified atom stereocenters. The van der Waals surface area contributed by atoms with Crippen LogP contribution < -0.4 is 10.6 Å². The summed E-state index contributed by atoms with van der Waals surface area (Å²) >= 11 is 0. The summed E-state index contributed by atoms with van der Waals surface area (Å²) in [7, 11) is 2.19. The highest BCUT2D eigenvalue weighted by Crippen LogP contribution is 2.29. The lowest BCUT2D eigenvalue weighted by Gasteiger charge is -2.18. The highest BCUT2D eigenvalue weighted by molar-refractivity contribution is 5.14. The van der Waals surface area contributed by atoms with Crippen LogP contribution in [0.4, 0.5) is 0 Å². The Hall–Kier alpha value is -0.970. The van der Waals surface area contributed by atoms with Gasteiger partial charge in [-0.3, -0.25) is 9.88 Å². The van der Waals surface area contributed by atoms with E-state index in [9.17, 15) is 0 Å². The number of hydrogen-bond acceptors (Lipinski definition) is 4. The van der Waals surface area contributed by atoms with Crippen molar-refractivity contribution >= 4 is 0 Å². The molecule has 2 N–H and O–H groups in total. The first-order valence-corrected chi connectivity index (χ1v) is 6.89. The lowest BCUT2D eigenvalue weighted by Crippen LogP contribution is -2.39. The molecule has 2 fully saturated rings. The molecule has 100 valence electrons. The molecule has 3 rings (SSSR count). The summed E-state index contributed by atoms with van der Waals surface area (Å²) in [6.45, 7) is 5.78. The first kappa shape index (κ1) is 13.5. The SMILES string of the molecule is C1CNCCN1.CN1CCCC1c1cccnc1. The zero-order chi connectivity index (χ0) is 12.6. The fourth-order valence-electron chi connectivity index (χ4n) is 2.51. The van der Waals surface area contributed by atoms with Gasteiger partial charge in [0, 0.05) is 44.6 Å². The monoisotopic (exact) mass is 248 g/mol. The van der Waals surface area contributed by atoms with E-state index in [1.54, 1.807) is 0 Å². The van der Waals surface area contributed by atoms with Crippen molar-refractivity contribution in [2.24, 2.45) is 0 Å². The number of nitrogens with one attached hydrogen (secondary N) is 2. The molecular weight excluding hydrogens is 224 g/mol. The second kappa shape index (κ2) is 7.46. The number of aromatic nitrogens is 1. The van der Waals surface area contributed by atoms with Crippen molar-refractivity contribution in [1.82, 2.24) is 20.5 Å². The molecule has 0 spiro atoms. The summed E-state index contributed by atoms with van der Waals surface area (Å²) in [4.78, 5) is 6.54. The van der Waals surface area contributed by atoms with Crippen LogP contribution in [0.25, 0.3) is 0 Å². The van der Waals surface area contributed by atoms with Gasteiger partial charge in [-0.05, 0) is 38.1 Å². The third-order valence-electron chi connectivity index (χ3n) is 3.55. The fraction of sp³-hybridized carbons (Fsp3) is 0.643. The van der Waals surface area contributed by atoms with E-state index < -0.39 is 0 Å². The van der Waals surface area contributed by atoms with E-state index in [0.717, 1.165) is 26.2 Å². The largest absolute Gasteiger partial charge is 0.314 e. The Balaban J connectivity index is 0.000000169. The van der Waals surface area contributed by atoms with Gasteiger partial charge in [-0.2, -0.15) is 0 Å². The minimum Gasteiger partial charge on any atom is -0.314 e. The van der Waals surface area contributed by atoms with Crippen LogP contribution in [0.1, 0.15) is 24.4 Å². The highest BCUT2D eigenvalue weighted by Gasteiger charge is 2.21. The number of piperazine rings is 1. The fourth-order valence-corrected chi connectivity index (χ4v) is 2.51. The molecule has 0 aliphatic carbocycles. The number of rotatable bonds is 1. The van der Waals surface area contributed by atoms with Crippen LogP contribution in [0.2, 0.25) is 0 Å². The van der Waals surface area contributed by atoms with Gasteiger partial charge in [0.25, 0.3) is 0 Å². The summed E-state index contributed by atoms with van der Waals surface area (Å²) in [6, 6.07) is 4.79. The van der Waals surface area contributed by atoms with E-state index in [4.69, 9.17) is 0 Å². The Morgan fingerprint density at radius 2 is 1.94 bits per heavy atom. The summed E-state index contributed by atoms with van der Waals surface area (Å²) in [5.41, 5.74) is 1.36. The molecule has 1 atom stereocenters. The third kappa shape index (κ3) is 4.05. The lowest BCUT2D eigenvalue weighted by atomic mass is 10.1. The number of pyridine rings is 1. The van der Waals surface area contributed by atoms with E-state index in [2.05, 4.69) is 33.6 Å². The van der Waals surface area contributed by atoms with Gasteiger partial charge in [0.1, 0.15) is 0 Å². The average molecular weight is 248 g/mol. The number of nitrogens with zero attached hydrogens (tertiary/aromatic N) is 2. The molecule has 4 nitrogen and oxygen atoms in total. The predicted molar refractivity (Wildman–Crippen MR) is 74.6 cm³/mol. The summed E-state index contributed by atoms with van der Waals surface area (Å²) in [6.07, 6.45) is 6.41.